The summed E-state index contributed by atoms with van der Waals surface area (Å²) < 4.78 is 24.1. The van der Waals surface area contributed by atoms with Gasteiger partial charge in [0.05, 0.1) is 10.9 Å². The number of carbonyl (C=O) groups is 1. The van der Waals surface area contributed by atoms with Crippen molar-refractivity contribution >= 4 is 16.9 Å². The van der Waals surface area contributed by atoms with Crippen molar-refractivity contribution < 1.29 is 18.3 Å². The van der Waals surface area contributed by atoms with Gasteiger partial charge >= 0.3 is 11.6 Å². The minimum absolute atomic E-state index is 0.113. The van der Waals surface area contributed by atoms with Crippen LogP contribution >= 0.6 is 0 Å². The van der Waals surface area contributed by atoms with Crippen LogP contribution in [0.3, 0.4) is 0 Å². The first-order chi connectivity index (χ1) is 13.1. The summed E-state index contributed by atoms with van der Waals surface area (Å²) in [5, 5.41) is 0.492. The number of benzene rings is 3. The van der Waals surface area contributed by atoms with Gasteiger partial charge in [0, 0.05) is 0 Å². The standard InChI is InChI=1S/C22H13FO4/c23-16-12-10-15(11-13-16)21(24)27-20-17-8-4-5-9-18(17)26-22(25)19(20)14-6-2-1-3-7-14/h1-13H. The lowest BCUT2D eigenvalue weighted by molar-refractivity contribution is 0.0737. The number of rotatable bonds is 3. The molecule has 4 nitrogen and oxygen atoms in total. The molecule has 0 fully saturated rings. The average molecular weight is 360 g/mol. The first-order valence-corrected chi connectivity index (χ1v) is 8.22. The molecule has 3 aromatic carbocycles. The van der Waals surface area contributed by atoms with E-state index in [1.807, 2.05) is 6.07 Å². The molecule has 0 aliphatic carbocycles. The van der Waals surface area contributed by atoms with Gasteiger partial charge in [-0.25, -0.2) is 14.0 Å². The maximum Gasteiger partial charge on any atom is 0.348 e. The van der Waals surface area contributed by atoms with E-state index >= 15 is 0 Å². The zero-order valence-corrected chi connectivity index (χ0v) is 14.0. The molecular formula is C22H13FO4. The summed E-state index contributed by atoms with van der Waals surface area (Å²) >= 11 is 0. The van der Waals surface area contributed by atoms with E-state index in [-0.39, 0.29) is 16.9 Å². The van der Waals surface area contributed by atoms with Crippen molar-refractivity contribution in [2.45, 2.75) is 0 Å². The molecule has 0 atom stereocenters. The Kier molecular flexibility index (Phi) is 4.26. The fourth-order valence-electron chi connectivity index (χ4n) is 2.82. The van der Waals surface area contributed by atoms with Crippen LogP contribution in [0, 0.1) is 5.82 Å². The molecule has 0 aliphatic rings. The molecule has 0 N–H and O–H groups in total. The Balaban J connectivity index is 1.90. The van der Waals surface area contributed by atoms with Crippen LogP contribution in [0.1, 0.15) is 10.4 Å². The Labute approximate surface area is 153 Å². The normalized spacial score (nSPS) is 10.7. The van der Waals surface area contributed by atoms with E-state index in [0.717, 1.165) is 0 Å². The highest BCUT2D eigenvalue weighted by atomic mass is 19.1. The first kappa shape index (κ1) is 16.7. The highest BCUT2D eigenvalue weighted by molar-refractivity contribution is 5.97. The largest absolute Gasteiger partial charge is 0.422 e. The Morgan fingerprint density at radius 2 is 1.52 bits per heavy atom. The maximum absolute atomic E-state index is 13.1. The molecule has 0 bridgehead atoms. The van der Waals surface area contributed by atoms with Gasteiger partial charge in [-0.05, 0) is 42.0 Å². The molecule has 27 heavy (non-hydrogen) atoms. The molecule has 1 aromatic heterocycles. The highest BCUT2D eigenvalue weighted by Crippen LogP contribution is 2.34. The molecule has 0 spiro atoms. The number of hydrogen-bond acceptors (Lipinski definition) is 4. The van der Waals surface area contributed by atoms with Crippen LogP contribution < -0.4 is 10.4 Å². The van der Waals surface area contributed by atoms with Crippen LogP contribution in [0.2, 0.25) is 0 Å². The minimum atomic E-state index is -0.692. The van der Waals surface area contributed by atoms with E-state index in [9.17, 15) is 14.0 Å². The molecule has 0 saturated heterocycles. The molecule has 132 valence electrons. The van der Waals surface area contributed by atoms with Gasteiger partial charge in [-0.1, -0.05) is 42.5 Å². The van der Waals surface area contributed by atoms with Crippen molar-refractivity contribution in [3.63, 3.8) is 0 Å². The van der Waals surface area contributed by atoms with Crippen molar-refractivity contribution in [2.24, 2.45) is 0 Å². The summed E-state index contributed by atoms with van der Waals surface area (Å²) in [6.45, 7) is 0. The second-order valence-corrected chi connectivity index (χ2v) is 5.85. The third-order valence-corrected chi connectivity index (χ3v) is 4.10. The van der Waals surface area contributed by atoms with Gasteiger partial charge in [0.1, 0.15) is 17.0 Å². The van der Waals surface area contributed by atoms with Crippen LogP contribution in [-0.4, -0.2) is 5.97 Å². The number of carbonyl (C=O) groups excluding carboxylic acids is 1. The van der Waals surface area contributed by atoms with Gasteiger partial charge in [-0.3, -0.25) is 0 Å². The number of fused-ring (bicyclic) bond motifs is 1. The lowest BCUT2D eigenvalue weighted by atomic mass is 10.0. The summed E-state index contributed by atoms with van der Waals surface area (Å²) in [5.74, 6) is -1.03. The molecule has 0 aliphatic heterocycles. The number of halogens is 1. The van der Waals surface area contributed by atoms with E-state index in [1.54, 1.807) is 48.5 Å². The van der Waals surface area contributed by atoms with Crippen LogP contribution in [0.4, 0.5) is 4.39 Å². The van der Waals surface area contributed by atoms with Crippen LogP contribution in [0.25, 0.3) is 22.1 Å². The summed E-state index contributed by atoms with van der Waals surface area (Å²) in [4.78, 5) is 25.2. The van der Waals surface area contributed by atoms with E-state index in [4.69, 9.17) is 9.15 Å². The van der Waals surface area contributed by atoms with E-state index in [2.05, 4.69) is 0 Å². The third-order valence-electron chi connectivity index (χ3n) is 4.10. The van der Waals surface area contributed by atoms with Gasteiger partial charge in [0.25, 0.3) is 0 Å². The number of para-hydroxylation sites is 1. The van der Waals surface area contributed by atoms with Crippen molar-refractivity contribution in [3.8, 4) is 16.9 Å². The predicted octanol–water partition coefficient (Wildman–Crippen LogP) is 4.82. The Bertz CT molecular complexity index is 1180. The SMILES string of the molecule is O=C(Oc1c(-c2ccccc2)c(=O)oc2ccccc12)c1ccc(F)cc1. The van der Waals surface area contributed by atoms with Crippen molar-refractivity contribution in [2.75, 3.05) is 0 Å². The molecule has 1 heterocycles. The van der Waals surface area contributed by atoms with Crippen LogP contribution in [-0.2, 0) is 0 Å². The van der Waals surface area contributed by atoms with Crippen molar-refractivity contribution in [1.29, 1.82) is 0 Å². The number of hydrogen-bond donors (Lipinski definition) is 0. The quantitative estimate of drug-likeness (QED) is 0.388. The lowest BCUT2D eigenvalue weighted by Gasteiger charge is -2.12. The maximum atomic E-state index is 13.1. The molecule has 4 aromatic rings. The molecule has 0 unspecified atom stereocenters. The number of ether oxygens (including phenoxy) is 1. The summed E-state index contributed by atoms with van der Waals surface area (Å²) in [7, 11) is 0. The lowest BCUT2D eigenvalue weighted by Crippen LogP contribution is -2.13. The Morgan fingerprint density at radius 1 is 0.852 bits per heavy atom. The van der Waals surface area contributed by atoms with Gasteiger partial charge in [0.2, 0.25) is 0 Å². The van der Waals surface area contributed by atoms with Gasteiger partial charge in [-0.15, -0.1) is 0 Å². The van der Waals surface area contributed by atoms with E-state index < -0.39 is 17.4 Å². The van der Waals surface area contributed by atoms with Crippen molar-refractivity contribution in [1.82, 2.24) is 0 Å². The highest BCUT2D eigenvalue weighted by Gasteiger charge is 2.21. The van der Waals surface area contributed by atoms with E-state index in [0.29, 0.717) is 16.5 Å². The Hall–Kier alpha value is -3.73. The molecule has 0 radical (unpaired) electrons. The fourth-order valence-corrected chi connectivity index (χ4v) is 2.82. The summed E-state index contributed by atoms with van der Waals surface area (Å²) in [5.41, 5.74) is 0.599. The monoisotopic (exact) mass is 360 g/mol. The summed E-state index contributed by atoms with van der Waals surface area (Å²) in [6, 6.07) is 20.6. The molecule has 5 heteroatoms. The molecule has 4 rings (SSSR count). The zero-order valence-electron chi connectivity index (χ0n) is 14.0. The predicted molar refractivity (Wildman–Crippen MR) is 99.3 cm³/mol. The Morgan fingerprint density at radius 3 is 2.26 bits per heavy atom. The van der Waals surface area contributed by atoms with Crippen LogP contribution in [0.15, 0.2) is 88.1 Å². The molecule has 0 saturated carbocycles. The summed E-state index contributed by atoms with van der Waals surface area (Å²) in [6.07, 6.45) is 0. The molecular weight excluding hydrogens is 347 g/mol. The zero-order chi connectivity index (χ0) is 18.8. The first-order valence-electron chi connectivity index (χ1n) is 8.22. The second-order valence-electron chi connectivity index (χ2n) is 5.85. The smallest absolute Gasteiger partial charge is 0.348 e. The molecule has 0 amide bonds. The van der Waals surface area contributed by atoms with Gasteiger partial charge in [-0.2, -0.15) is 0 Å². The van der Waals surface area contributed by atoms with Crippen molar-refractivity contribution in [3.05, 3.63) is 101 Å². The second kappa shape index (κ2) is 6.88. The van der Waals surface area contributed by atoms with Gasteiger partial charge in [0.15, 0.2) is 5.75 Å². The number of esters is 1. The topological polar surface area (TPSA) is 56.5 Å². The van der Waals surface area contributed by atoms with E-state index in [1.165, 1.54) is 24.3 Å². The average Bonchev–Trinajstić information content (AvgIpc) is 2.69. The van der Waals surface area contributed by atoms with Crippen LogP contribution in [0.5, 0.6) is 5.75 Å². The fraction of sp³-hybridized carbons (Fsp3) is 0. The van der Waals surface area contributed by atoms with Gasteiger partial charge < -0.3 is 9.15 Å². The third kappa shape index (κ3) is 3.22. The minimum Gasteiger partial charge on any atom is -0.422 e.